The van der Waals surface area contributed by atoms with Gasteiger partial charge in [-0.15, -0.1) is 0 Å². The number of phenols is 1. The van der Waals surface area contributed by atoms with Crippen LogP contribution in [0.2, 0.25) is 0 Å². The summed E-state index contributed by atoms with van der Waals surface area (Å²) in [5.41, 5.74) is 11.3. The first-order valence-corrected chi connectivity index (χ1v) is 11.0. The molecule has 0 fully saturated rings. The molecule has 0 spiro atoms. The third kappa shape index (κ3) is 9.59. The Hall–Kier alpha value is -3.71. The topological polar surface area (TPSA) is 234 Å². The monoisotopic (exact) mass is 495 g/mol. The number of carbonyl (C=O) groups is 5. The van der Waals surface area contributed by atoms with Crippen LogP contribution in [-0.2, 0) is 30.4 Å². The van der Waals surface area contributed by atoms with Gasteiger partial charge >= 0.3 is 5.97 Å². The Morgan fingerprint density at radius 1 is 0.943 bits per heavy atom. The number of carboxylic acid groups (broad SMARTS) is 1. The summed E-state index contributed by atoms with van der Waals surface area (Å²) in [5.74, 6) is -5.11. The summed E-state index contributed by atoms with van der Waals surface area (Å²) < 4.78 is 0. The molecule has 1 aromatic carbocycles. The molecule has 0 aliphatic heterocycles. The third-order valence-corrected chi connectivity index (χ3v) is 5.36. The normalized spacial score (nSPS) is 15.1. The average Bonchev–Trinajstić information content (AvgIpc) is 2.80. The number of nitrogens with one attached hydrogen (secondary N) is 3. The number of aliphatic hydroxyl groups excluding tert-OH is 1. The maximum Gasteiger partial charge on any atom is 0.328 e. The highest BCUT2D eigenvalue weighted by Gasteiger charge is 2.32. The standard InChI is InChI=1S/C22H33N5O8/c1-3-11(2)18(21(33)26-16(10-28)22(34)35)27-20(32)15(8-12-4-6-13(29)7-5-12)25-19(31)14(23)9-17(24)30/h4-7,11,14-16,18,28-29H,3,8-10,23H2,1-2H3,(H2,24,30)(H,25,31)(H,26,33)(H,27,32)(H,34,35). The molecule has 0 aliphatic carbocycles. The van der Waals surface area contributed by atoms with Crippen molar-refractivity contribution in [2.75, 3.05) is 6.61 Å². The summed E-state index contributed by atoms with van der Waals surface area (Å²) >= 11 is 0. The number of aliphatic hydroxyl groups is 1. The van der Waals surface area contributed by atoms with E-state index in [2.05, 4.69) is 16.0 Å². The van der Waals surface area contributed by atoms with E-state index < -0.39 is 72.7 Å². The van der Waals surface area contributed by atoms with Crippen LogP contribution >= 0.6 is 0 Å². The number of phenolic OH excluding ortho intramolecular Hbond substituents is 1. The van der Waals surface area contributed by atoms with Gasteiger partial charge in [0.15, 0.2) is 0 Å². The van der Waals surface area contributed by atoms with Crippen LogP contribution in [0.3, 0.4) is 0 Å². The molecule has 1 aromatic rings. The minimum atomic E-state index is -1.56. The average molecular weight is 496 g/mol. The second-order valence-electron chi connectivity index (χ2n) is 8.16. The highest BCUT2D eigenvalue weighted by atomic mass is 16.4. The summed E-state index contributed by atoms with van der Waals surface area (Å²) in [4.78, 5) is 60.6. The maximum atomic E-state index is 13.2. The number of rotatable bonds is 14. The van der Waals surface area contributed by atoms with Crippen LogP contribution in [0.4, 0.5) is 0 Å². The van der Waals surface area contributed by atoms with Gasteiger partial charge in [-0.25, -0.2) is 4.79 Å². The first-order valence-electron chi connectivity index (χ1n) is 11.0. The molecule has 13 nitrogen and oxygen atoms in total. The summed E-state index contributed by atoms with van der Waals surface area (Å²) in [5, 5.41) is 34.9. The summed E-state index contributed by atoms with van der Waals surface area (Å²) in [6, 6.07) is 0.550. The van der Waals surface area contributed by atoms with E-state index in [1.807, 2.05) is 0 Å². The second kappa shape index (κ2) is 13.9. The van der Waals surface area contributed by atoms with E-state index in [0.717, 1.165) is 0 Å². The van der Waals surface area contributed by atoms with Gasteiger partial charge in [-0.2, -0.15) is 0 Å². The van der Waals surface area contributed by atoms with Crippen molar-refractivity contribution in [1.82, 2.24) is 16.0 Å². The van der Waals surface area contributed by atoms with Gasteiger partial charge in [-0.1, -0.05) is 32.4 Å². The number of hydrogen-bond acceptors (Lipinski definition) is 8. The highest BCUT2D eigenvalue weighted by Crippen LogP contribution is 2.13. The Kier molecular flexibility index (Phi) is 11.6. The van der Waals surface area contributed by atoms with Crippen molar-refractivity contribution in [1.29, 1.82) is 0 Å². The zero-order valence-electron chi connectivity index (χ0n) is 19.6. The molecule has 194 valence electrons. The van der Waals surface area contributed by atoms with Gasteiger partial charge < -0.3 is 42.7 Å². The van der Waals surface area contributed by atoms with Crippen LogP contribution in [0.15, 0.2) is 24.3 Å². The molecular formula is C22H33N5O8. The molecule has 10 N–H and O–H groups in total. The Bertz CT molecular complexity index is 908. The number of amides is 4. The molecule has 0 saturated carbocycles. The minimum Gasteiger partial charge on any atom is -0.508 e. The molecule has 0 aromatic heterocycles. The summed E-state index contributed by atoms with van der Waals surface area (Å²) in [6.45, 7) is 2.57. The number of aliphatic carboxylic acids is 1. The lowest BCUT2D eigenvalue weighted by atomic mass is 9.96. The van der Waals surface area contributed by atoms with Crippen LogP contribution < -0.4 is 27.4 Å². The Balaban J connectivity index is 3.15. The van der Waals surface area contributed by atoms with Crippen molar-refractivity contribution >= 4 is 29.6 Å². The predicted molar refractivity (Wildman–Crippen MR) is 124 cm³/mol. The summed E-state index contributed by atoms with van der Waals surface area (Å²) in [6.07, 6.45) is -0.0624. The van der Waals surface area contributed by atoms with Crippen molar-refractivity contribution in [3.05, 3.63) is 29.8 Å². The molecule has 13 heteroatoms. The number of hydrogen-bond donors (Lipinski definition) is 8. The molecule has 5 atom stereocenters. The fraction of sp³-hybridized carbons (Fsp3) is 0.500. The molecular weight excluding hydrogens is 462 g/mol. The van der Waals surface area contributed by atoms with Crippen molar-refractivity contribution < 1.29 is 39.3 Å². The Morgan fingerprint density at radius 3 is 2.00 bits per heavy atom. The van der Waals surface area contributed by atoms with Gasteiger partial charge in [0.05, 0.1) is 19.1 Å². The molecule has 0 heterocycles. The highest BCUT2D eigenvalue weighted by molar-refractivity contribution is 5.95. The molecule has 0 saturated heterocycles. The van der Waals surface area contributed by atoms with E-state index in [-0.39, 0.29) is 12.2 Å². The first kappa shape index (κ1) is 29.3. The zero-order valence-corrected chi connectivity index (χ0v) is 19.6. The maximum absolute atomic E-state index is 13.2. The van der Waals surface area contributed by atoms with Crippen molar-refractivity contribution in [3.63, 3.8) is 0 Å². The fourth-order valence-corrected chi connectivity index (χ4v) is 3.07. The smallest absolute Gasteiger partial charge is 0.328 e. The van der Waals surface area contributed by atoms with Crippen molar-refractivity contribution in [3.8, 4) is 5.75 Å². The number of carboxylic acids is 1. The quantitative estimate of drug-likeness (QED) is 0.138. The van der Waals surface area contributed by atoms with Gasteiger partial charge in [0.25, 0.3) is 0 Å². The second-order valence-corrected chi connectivity index (χ2v) is 8.16. The molecule has 5 unspecified atom stereocenters. The van der Waals surface area contributed by atoms with E-state index in [0.29, 0.717) is 12.0 Å². The lowest BCUT2D eigenvalue weighted by Gasteiger charge is -2.28. The SMILES string of the molecule is CCC(C)C(NC(=O)C(Cc1ccc(O)cc1)NC(=O)C(N)CC(N)=O)C(=O)NC(CO)C(=O)O. The molecule has 0 radical (unpaired) electrons. The fourth-order valence-electron chi connectivity index (χ4n) is 3.07. The van der Waals surface area contributed by atoms with Gasteiger partial charge in [-0.05, 0) is 23.6 Å². The van der Waals surface area contributed by atoms with Gasteiger partial charge in [0.1, 0.15) is 23.9 Å². The Labute approximate surface area is 202 Å². The van der Waals surface area contributed by atoms with Gasteiger partial charge in [0.2, 0.25) is 23.6 Å². The largest absolute Gasteiger partial charge is 0.508 e. The number of benzene rings is 1. The van der Waals surface area contributed by atoms with Crippen molar-refractivity contribution in [2.24, 2.45) is 17.4 Å². The third-order valence-electron chi connectivity index (χ3n) is 5.36. The van der Waals surface area contributed by atoms with Gasteiger partial charge in [-0.3, -0.25) is 19.2 Å². The van der Waals surface area contributed by atoms with E-state index >= 15 is 0 Å². The number of carbonyl (C=O) groups excluding carboxylic acids is 4. The van der Waals surface area contributed by atoms with E-state index in [1.165, 1.54) is 24.3 Å². The lowest BCUT2D eigenvalue weighted by molar-refractivity contribution is -0.143. The number of primary amides is 1. The molecule has 0 bridgehead atoms. The minimum absolute atomic E-state index is 0.00681. The zero-order chi connectivity index (χ0) is 26.7. The molecule has 0 aliphatic rings. The van der Waals surface area contributed by atoms with E-state index in [1.54, 1.807) is 13.8 Å². The van der Waals surface area contributed by atoms with Crippen LogP contribution in [0.5, 0.6) is 5.75 Å². The van der Waals surface area contributed by atoms with Crippen LogP contribution in [-0.4, -0.2) is 75.7 Å². The predicted octanol–water partition coefficient (Wildman–Crippen LogP) is -2.29. The Morgan fingerprint density at radius 2 is 1.51 bits per heavy atom. The van der Waals surface area contributed by atoms with Crippen LogP contribution in [0, 0.1) is 5.92 Å². The van der Waals surface area contributed by atoms with E-state index in [4.69, 9.17) is 16.6 Å². The molecule has 1 rings (SSSR count). The van der Waals surface area contributed by atoms with Gasteiger partial charge in [0, 0.05) is 6.42 Å². The van der Waals surface area contributed by atoms with Crippen LogP contribution in [0.25, 0.3) is 0 Å². The number of aromatic hydroxyl groups is 1. The van der Waals surface area contributed by atoms with Crippen LogP contribution in [0.1, 0.15) is 32.3 Å². The van der Waals surface area contributed by atoms with E-state index in [9.17, 15) is 34.2 Å². The number of nitrogens with two attached hydrogens (primary N) is 2. The first-order chi connectivity index (χ1) is 16.4. The molecule has 35 heavy (non-hydrogen) atoms. The summed E-state index contributed by atoms with van der Waals surface area (Å²) in [7, 11) is 0. The van der Waals surface area contributed by atoms with Crippen molar-refractivity contribution in [2.45, 2.75) is 57.3 Å². The lowest BCUT2D eigenvalue weighted by Crippen LogP contribution is -2.59. The molecule has 4 amide bonds.